The van der Waals surface area contributed by atoms with Crippen LogP contribution >= 0.6 is 11.8 Å². The van der Waals surface area contributed by atoms with Crippen molar-refractivity contribution >= 4 is 40.3 Å². The second kappa shape index (κ2) is 10.7. The summed E-state index contributed by atoms with van der Waals surface area (Å²) in [4.78, 5) is 44.4. The Morgan fingerprint density at radius 2 is 1.89 bits per heavy atom. The molecule has 36 heavy (non-hydrogen) atoms. The highest BCUT2D eigenvalue weighted by Gasteiger charge is 2.54. The lowest BCUT2D eigenvalue weighted by molar-refractivity contribution is -0.163. The molecule has 2 aromatic carbocycles. The zero-order valence-electron chi connectivity index (χ0n) is 20.9. The van der Waals surface area contributed by atoms with Crippen molar-refractivity contribution in [2.45, 2.75) is 45.6 Å². The van der Waals surface area contributed by atoms with Gasteiger partial charge < -0.3 is 14.5 Å². The molecule has 2 aromatic rings. The first-order valence-electron chi connectivity index (χ1n) is 13.0. The van der Waals surface area contributed by atoms with E-state index in [4.69, 9.17) is 4.74 Å². The average molecular weight is 507 g/mol. The second-order valence-corrected chi connectivity index (χ2v) is 11.2. The molecule has 0 bridgehead atoms. The quantitative estimate of drug-likeness (QED) is 0.528. The number of esters is 1. The van der Waals surface area contributed by atoms with E-state index in [0.717, 1.165) is 59.5 Å². The number of amides is 2. The van der Waals surface area contributed by atoms with Gasteiger partial charge >= 0.3 is 5.97 Å². The normalized spacial score (nSPS) is 24.3. The van der Waals surface area contributed by atoms with Crippen LogP contribution in [-0.2, 0) is 25.7 Å². The first-order valence-corrected chi connectivity index (χ1v) is 14.2. The van der Waals surface area contributed by atoms with Gasteiger partial charge in [-0.15, -0.1) is 0 Å². The predicted molar refractivity (Wildman–Crippen MR) is 142 cm³/mol. The van der Waals surface area contributed by atoms with Gasteiger partial charge in [-0.25, -0.2) is 0 Å². The van der Waals surface area contributed by atoms with Crippen LogP contribution in [0.4, 0.5) is 0 Å². The van der Waals surface area contributed by atoms with E-state index in [1.165, 1.54) is 0 Å². The van der Waals surface area contributed by atoms with Gasteiger partial charge in [-0.2, -0.15) is 11.8 Å². The summed E-state index contributed by atoms with van der Waals surface area (Å²) < 4.78 is 5.60. The number of fused-ring (bicyclic) bond motifs is 2. The van der Waals surface area contributed by atoms with Gasteiger partial charge in [-0.3, -0.25) is 14.4 Å². The second-order valence-electron chi connectivity index (χ2n) is 9.95. The van der Waals surface area contributed by atoms with Crippen molar-refractivity contribution in [2.24, 2.45) is 11.3 Å². The van der Waals surface area contributed by atoms with Crippen LogP contribution in [0.5, 0.6) is 0 Å². The van der Waals surface area contributed by atoms with Crippen molar-refractivity contribution in [2.75, 3.05) is 31.2 Å². The van der Waals surface area contributed by atoms with E-state index in [0.29, 0.717) is 26.0 Å². The van der Waals surface area contributed by atoms with Gasteiger partial charge in [0.25, 0.3) is 0 Å². The molecule has 5 rings (SSSR count). The molecule has 0 spiro atoms. The maximum absolute atomic E-state index is 14.0. The molecule has 0 N–H and O–H groups in total. The van der Waals surface area contributed by atoms with Crippen LogP contribution in [0, 0.1) is 11.3 Å². The number of piperidine rings is 1. The Hall–Kier alpha value is -2.80. The van der Waals surface area contributed by atoms with E-state index in [1.54, 1.807) is 4.90 Å². The number of benzene rings is 2. The fraction of sp³-hybridized carbons (Fsp3) is 0.483. The first kappa shape index (κ1) is 24.9. The molecule has 6 nitrogen and oxygen atoms in total. The van der Waals surface area contributed by atoms with E-state index in [9.17, 15) is 14.4 Å². The van der Waals surface area contributed by atoms with Crippen LogP contribution in [-0.4, -0.2) is 58.8 Å². The Labute approximate surface area is 217 Å². The lowest BCUT2D eigenvalue weighted by atomic mass is 9.66. The number of thioether (sulfide) groups is 1. The molecule has 1 aliphatic carbocycles. The molecule has 2 atom stereocenters. The summed E-state index contributed by atoms with van der Waals surface area (Å²) in [6, 6.07) is 14.3. The SMILES string of the molecule is CCOC(=O)[C@]12CCCC=C1N(Cc1cccc3ccccc13)C(=O)[C@H](CC(=O)N1CCSCC1)C2. The maximum atomic E-state index is 14.0. The van der Waals surface area contributed by atoms with Gasteiger partial charge in [0.05, 0.1) is 13.2 Å². The van der Waals surface area contributed by atoms with E-state index in [2.05, 4.69) is 24.3 Å². The number of rotatable bonds is 6. The zero-order valence-corrected chi connectivity index (χ0v) is 21.7. The van der Waals surface area contributed by atoms with Crippen LogP contribution in [0.25, 0.3) is 10.8 Å². The average Bonchev–Trinajstić information content (AvgIpc) is 2.91. The van der Waals surface area contributed by atoms with Gasteiger partial charge in [0, 0.05) is 42.6 Å². The Bertz CT molecular complexity index is 1180. The molecular formula is C29H34N2O4S. The molecule has 0 aromatic heterocycles. The van der Waals surface area contributed by atoms with Crippen LogP contribution < -0.4 is 0 Å². The Kier molecular flexibility index (Phi) is 7.37. The zero-order chi connectivity index (χ0) is 25.1. The van der Waals surface area contributed by atoms with Gasteiger partial charge in [0.1, 0.15) is 5.41 Å². The smallest absolute Gasteiger partial charge is 0.318 e. The number of hydrogen-bond acceptors (Lipinski definition) is 5. The first-order chi connectivity index (χ1) is 17.5. The summed E-state index contributed by atoms with van der Waals surface area (Å²) in [7, 11) is 0. The molecule has 7 heteroatoms. The summed E-state index contributed by atoms with van der Waals surface area (Å²) in [5.74, 6) is 1.01. The van der Waals surface area contributed by atoms with Crippen molar-refractivity contribution in [3.8, 4) is 0 Å². The third kappa shape index (κ3) is 4.65. The molecule has 2 amide bonds. The largest absolute Gasteiger partial charge is 0.465 e. The minimum absolute atomic E-state index is 0.0148. The van der Waals surface area contributed by atoms with Crippen LogP contribution in [0.15, 0.2) is 54.2 Å². The standard InChI is InChI=1S/C29H34N2O4S/c1-2-35-28(34)29-13-6-5-12-25(29)31(20-22-10-7-9-21-8-3-4-11-24(21)22)27(33)23(19-29)18-26(32)30-14-16-36-17-15-30/h3-4,7-12,23H,2,5-6,13-20H2,1H3/t23-,29+/m1/s1. The van der Waals surface area contributed by atoms with Crippen molar-refractivity contribution in [3.63, 3.8) is 0 Å². The minimum Gasteiger partial charge on any atom is -0.465 e. The molecule has 0 unspecified atom stereocenters. The highest BCUT2D eigenvalue weighted by atomic mass is 32.2. The molecule has 2 saturated heterocycles. The monoisotopic (exact) mass is 506 g/mol. The van der Waals surface area contributed by atoms with Crippen LogP contribution in [0.3, 0.4) is 0 Å². The topological polar surface area (TPSA) is 66.9 Å². The van der Waals surface area contributed by atoms with Crippen molar-refractivity contribution in [1.29, 1.82) is 0 Å². The third-order valence-corrected chi connectivity index (χ3v) is 8.74. The summed E-state index contributed by atoms with van der Waals surface area (Å²) in [5.41, 5.74) is 0.920. The molecular weight excluding hydrogens is 472 g/mol. The number of allylic oxidation sites excluding steroid dienone is 1. The number of nitrogens with zero attached hydrogens (tertiary/aromatic N) is 2. The Morgan fingerprint density at radius 1 is 1.11 bits per heavy atom. The number of likely N-dealkylation sites (tertiary alicyclic amines) is 1. The lowest BCUT2D eigenvalue weighted by Crippen LogP contribution is -2.54. The van der Waals surface area contributed by atoms with Crippen molar-refractivity contribution < 1.29 is 19.1 Å². The summed E-state index contributed by atoms with van der Waals surface area (Å²) >= 11 is 1.85. The lowest BCUT2D eigenvalue weighted by Gasteiger charge is -2.48. The van der Waals surface area contributed by atoms with E-state index in [1.807, 2.05) is 47.9 Å². The van der Waals surface area contributed by atoms with Gasteiger partial charge in [0.15, 0.2) is 0 Å². The van der Waals surface area contributed by atoms with Gasteiger partial charge in [-0.05, 0) is 48.9 Å². The Balaban J connectivity index is 1.52. The minimum atomic E-state index is -0.880. The van der Waals surface area contributed by atoms with E-state index in [-0.39, 0.29) is 24.2 Å². The maximum Gasteiger partial charge on any atom is 0.318 e. The number of carbonyl (C=O) groups is 3. The van der Waals surface area contributed by atoms with Gasteiger partial charge in [0.2, 0.25) is 11.8 Å². The number of carbonyl (C=O) groups excluding carboxylic acids is 3. The fourth-order valence-electron chi connectivity index (χ4n) is 6.02. The predicted octanol–water partition coefficient (Wildman–Crippen LogP) is 4.77. The molecule has 2 fully saturated rings. The summed E-state index contributed by atoms with van der Waals surface area (Å²) in [5, 5.41) is 2.21. The number of ether oxygens (including phenoxy) is 1. The van der Waals surface area contributed by atoms with E-state index < -0.39 is 11.3 Å². The van der Waals surface area contributed by atoms with Crippen LogP contribution in [0.1, 0.15) is 44.6 Å². The molecule has 190 valence electrons. The summed E-state index contributed by atoms with van der Waals surface area (Å²) in [6.45, 7) is 3.92. The molecule has 2 aliphatic heterocycles. The molecule has 2 heterocycles. The highest BCUT2D eigenvalue weighted by Crippen LogP contribution is 2.50. The highest BCUT2D eigenvalue weighted by molar-refractivity contribution is 7.99. The number of hydrogen-bond donors (Lipinski definition) is 0. The Morgan fingerprint density at radius 3 is 2.69 bits per heavy atom. The molecule has 3 aliphatic rings. The van der Waals surface area contributed by atoms with Gasteiger partial charge in [-0.1, -0.05) is 48.5 Å². The van der Waals surface area contributed by atoms with Crippen molar-refractivity contribution in [1.82, 2.24) is 9.80 Å². The third-order valence-electron chi connectivity index (χ3n) is 7.80. The van der Waals surface area contributed by atoms with Crippen LogP contribution in [0.2, 0.25) is 0 Å². The van der Waals surface area contributed by atoms with E-state index >= 15 is 0 Å². The summed E-state index contributed by atoms with van der Waals surface area (Å²) in [6.07, 6.45) is 4.87. The van der Waals surface area contributed by atoms with Crippen molar-refractivity contribution in [3.05, 3.63) is 59.8 Å². The molecule has 0 saturated carbocycles. The fourth-order valence-corrected chi connectivity index (χ4v) is 6.93. The molecule has 0 radical (unpaired) electrons.